The average Bonchev–Trinajstić information content (AvgIpc) is 3.43. The lowest BCUT2D eigenvalue weighted by Crippen LogP contribution is -2.41. The van der Waals surface area contributed by atoms with Crippen LogP contribution in [0, 0.1) is 20.8 Å². The second-order valence-electron chi connectivity index (χ2n) is 8.57. The first-order valence-electron chi connectivity index (χ1n) is 11.2. The Labute approximate surface area is 200 Å². The summed E-state index contributed by atoms with van der Waals surface area (Å²) in [4.78, 5) is 25.8. The zero-order chi connectivity index (χ0) is 24.5. The minimum Gasteiger partial charge on any atom is -0.456 e. The van der Waals surface area contributed by atoms with Crippen LogP contribution in [0.1, 0.15) is 40.2 Å². The van der Waals surface area contributed by atoms with Crippen molar-refractivity contribution in [3.8, 4) is 5.69 Å². The van der Waals surface area contributed by atoms with Crippen LogP contribution >= 0.6 is 0 Å². The number of esters is 1. The van der Waals surface area contributed by atoms with Crippen LogP contribution in [0.5, 0.6) is 0 Å². The van der Waals surface area contributed by atoms with E-state index in [9.17, 15) is 18.0 Å². The molecule has 7 nitrogen and oxygen atoms in total. The number of carbonyl (C=O) groups is 2. The Bertz CT molecular complexity index is 1310. The summed E-state index contributed by atoms with van der Waals surface area (Å²) in [6.45, 7) is 5.44. The number of hydrogen-bond donors (Lipinski definition) is 0. The van der Waals surface area contributed by atoms with E-state index < -0.39 is 28.6 Å². The van der Waals surface area contributed by atoms with Gasteiger partial charge in [-0.2, -0.15) is 4.31 Å². The summed E-state index contributed by atoms with van der Waals surface area (Å²) in [5, 5.41) is 0. The van der Waals surface area contributed by atoms with E-state index in [-0.39, 0.29) is 17.2 Å². The molecule has 0 aliphatic carbocycles. The number of aromatic nitrogens is 1. The van der Waals surface area contributed by atoms with Crippen LogP contribution in [0.15, 0.2) is 65.6 Å². The first kappa shape index (κ1) is 23.9. The van der Waals surface area contributed by atoms with E-state index in [1.54, 1.807) is 18.2 Å². The van der Waals surface area contributed by atoms with Gasteiger partial charge >= 0.3 is 5.97 Å². The second kappa shape index (κ2) is 9.56. The second-order valence-corrected chi connectivity index (χ2v) is 10.5. The lowest BCUT2D eigenvalue weighted by molar-refractivity contribution is -0.146. The van der Waals surface area contributed by atoms with Crippen LogP contribution < -0.4 is 0 Å². The Kier molecular flexibility index (Phi) is 6.72. The predicted octanol–water partition coefficient (Wildman–Crippen LogP) is 3.98. The van der Waals surface area contributed by atoms with Crippen molar-refractivity contribution in [1.82, 2.24) is 8.87 Å². The molecule has 1 atom stereocenters. The van der Waals surface area contributed by atoms with E-state index in [0.717, 1.165) is 22.6 Å². The molecule has 1 fully saturated rings. The Morgan fingerprint density at radius 3 is 2.35 bits per heavy atom. The molecule has 8 heteroatoms. The van der Waals surface area contributed by atoms with Crippen LogP contribution in [0.4, 0.5) is 0 Å². The Morgan fingerprint density at radius 1 is 1.00 bits per heavy atom. The normalized spacial score (nSPS) is 16.5. The molecule has 0 unspecified atom stereocenters. The maximum atomic E-state index is 13.1. The molecule has 1 saturated heterocycles. The van der Waals surface area contributed by atoms with Gasteiger partial charge in [-0.1, -0.05) is 35.9 Å². The molecular weight excluding hydrogens is 452 g/mol. The minimum absolute atomic E-state index is 0.141. The van der Waals surface area contributed by atoms with Crippen LogP contribution in [0.2, 0.25) is 0 Å². The monoisotopic (exact) mass is 480 g/mol. The van der Waals surface area contributed by atoms with Gasteiger partial charge in [-0.15, -0.1) is 0 Å². The summed E-state index contributed by atoms with van der Waals surface area (Å²) in [5.41, 5.74) is 4.02. The van der Waals surface area contributed by atoms with E-state index >= 15 is 0 Å². The molecule has 2 heterocycles. The highest BCUT2D eigenvalue weighted by molar-refractivity contribution is 7.89. The fraction of sp³-hybridized carbons (Fsp3) is 0.308. The molecule has 0 radical (unpaired) electrons. The molecule has 0 N–H and O–H groups in total. The van der Waals surface area contributed by atoms with Gasteiger partial charge in [-0.05, 0) is 63.9 Å². The number of hydrogen-bond acceptors (Lipinski definition) is 5. The summed E-state index contributed by atoms with van der Waals surface area (Å²) >= 11 is 0. The summed E-state index contributed by atoms with van der Waals surface area (Å²) < 4.78 is 34.7. The zero-order valence-corrected chi connectivity index (χ0v) is 20.3. The number of aryl methyl sites for hydroxylation is 2. The van der Waals surface area contributed by atoms with Crippen molar-refractivity contribution in [2.75, 3.05) is 13.2 Å². The van der Waals surface area contributed by atoms with Gasteiger partial charge in [0.25, 0.3) is 0 Å². The molecule has 0 saturated carbocycles. The zero-order valence-electron chi connectivity index (χ0n) is 19.5. The standard InChI is InChI=1S/C26H28N2O5S/c1-18-11-13-22(14-12-18)34(31,32)27-15-7-10-24(27)26(30)33-17-25(29)23-16-19(2)28(20(23)3)21-8-5-4-6-9-21/h4-6,8-9,11-14,16,24H,7,10,15,17H2,1-3H3/t24-/m0/s1. The molecule has 2 aromatic carbocycles. The predicted molar refractivity (Wildman–Crippen MR) is 129 cm³/mol. The van der Waals surface area contributed by atoms with E-state index in [0.29, 0.717) is 18.4 Å². The van der Waals surface area contributed by atoms with Gasteiger partial charge in [0.1, 0.15) is 6.04 Å². The number of ether oxygens (including phenoxy) is 1. The summed E-state index contributed by atoms with van der Waals surface area (Å²) in [7, 11) is -3.84. The van der Waals surface area contributed by atoms with E-state index in [1.165, 1.54) is 16.4 Å². The van der Waals surface area contributed by atoms with Crippen molar-refractivity contribution >= 4 is 21.8 Å². The third kappa shape index (κ3) is 4.56. The van der Waals surface area contributed by atoms with E-state index in [1.807, 2.05) is 55.7 Å². The molecule has 0 bridgehead atoms. The maximum Gasteiger partial charge on any atom is 0.324 e. The third-order valence-electron chi connectivity index (χ3n) is 6.19. The van der Waals surface area contributed by atoms with Crippen LogP contribution in [-0.2, 0) is 19.6 Å². The van der Waals surface area contributed by atoms with E-state index in [4.69, 9.17) is 4.74 Å². The van der Waals surface area contributed by atoms with Crippen molar-refractivity contribution in [2.24, 2.45) is 0 Å². The molecule has 0 amide bonds. The molecule has 34 heavy (non-hydrogen) atoms. The van der Waals surface area contributed by atoms with Crippen molar-refractivity contribution in [3.63, 3.8) is 0 Å². The first-order valence-corrected chi connectivity index (χ1v) is 12.7. The Hall–Kier alpha value is -3.23. The molecule has 1 aliphatic rings. The number of ketones is 1. The van der Waals surface area contributed by atoms with Gasteiger partial charge in [-0.3, -0.25) is 9.59 Å². The summed E-state index contributed by atoms with van der Waals surface area (Å²) in [6.07, 6.45) is 0.914. The van der Waals surface area contributed by atoms with Gasteiger partial charge in [0.05, 0.1) is 4.90 Å². The van der Waals surface area contributed by atoms with Gasteiger partial charge in [0.15, 0.2) is 6.61 Å². The van der Waals surface area contributed by atoms with Crippen molar-refractivity contribution in [1.29, 1.82) is 0 Å². The third-order valence-corrected chi connectivity index (χ3v) is 8.12. The Morgan fingerprint density at radius 2 is 1.68 bits per heavy atom. The molecule has 1 aliphatic heterocycles. The maximum absolute atomic E-state index is 13.1. The quantitative estimate of drug-likeness (QED) is 0.377. The average molecular weight is 481 g/mol. The highest BCUT2D eigenvalue weighted by atomic mass is 32.2. The number of Topliss-reactive ketones (excluding diaryl/α,β-unsaturated/α-hetero) is 1. The number of para-hydroxylation sites is 1. The first-order chi connectivity index (χ1) is 16.2. The number of benzene rings is 2. The van der Waals surface area contributed by atoms with Crippen LogP contribution in [0.3, 0.4) is 0 Å². The molecule has 0 spiro atoms. The molecule has 3 aromatic rings. The molecular formula is C26H28N2O5S. The van der Waals surface area contributed by atoms with Crippen molar-refractivity contribution in [3.05, 3.63) is 83.2 Å². The number of sulfonamides is 1. The van der Waals surface area contributed by atoms with Gasteiger partial charge in [-0.25, -0.2) is 8.42 Å². The fourth-order valence-corrected chi connectivity index (χ4v) is 6.09. The van der Waals surface area contributed by atoms with Crippen molar-refractivity contribution < 1.29 is 22.7 Å². The van der Waals surface area contributed by atoms with Gasteiger partial charge in [0, 0.05) is 29.2 Å². The van der Waals surface area contributed by atoms with Crippen LogP contribution in [-0.4, -0.2) is 48.2 Å². The molecule has 178 valence electrons. The highest BCUT2D eigenvalue weighted by Crippen LogP contribution is 2.27. The lowest BCUT2D eigenvalue weighted by atomic mass is 10.1. The highest BCUT2D eigenvalue weighted by Gasteiger charge is 2.40. The van der Waals surface area contributed by atoms with Gasteiger partial charge < -0.3 is 9.30 Å². The fourth-order valence-electron chi connectivity index (χ4n) is 4.44. The molecule has 4 rings (SSSR count). The summed E-state index contributed by atoms with van der Waals surface area (Å²) in [5.74, 6) is -1.02. The smallest absolute Gasteiger partial charge is 0.324 e. The molecule has 1 aromatic heterocycles. The topological polar surface area (TPSA) is 85.7 Å². The van der Waals surface area contributed by atoms with Crippen LogP contribution in [0.25, 0.3) is 5.69 Å². The number of carbonyl (C=O) groups excluding carboxylic acids is 2. The summed E-state index contributed by atoms with van der Waals surface area (Å²) in [6, 6.07) is 17.1. The SMILES string of the molecule is Cc1ccc(S(=O)(=O)N2CCC[C@H]2C(=O)OCC(=O)c2cc(C)n(-c3ccccc3)c2C)cc1. The van der Waals surface area contributed by atoms with E-state index in [2.05, 4.69) is 0 Å². The Balaban J connectivity index is 1.46. The number of rotatable bonds is 7. The largest absolute Gasteiger partial charge is 0.456 e. The number of nitrogens with zero attached hydrogens (tertiary/aromatic N) is 2. The lowest BCUT2D eigenvalue weighted by Gasteiger charge is -2.22. The van der Waals surface area contributed by atoms with Crippen molar-refractivity contribution in [2.45, 2.75) is 44.6 Å². The minimum atomic E-state index is -3.84. The van der Waals surface area contributed by atoms with Gasteiger partial charge in [0.2, 0.25) is 15.8 Å².